The van der Waals surface area contributed by atoms with E-state index in [9.17, 15) is 29.1 Å². The lowest BCUT2D eigenvalue weighted by Crippen LogP contribution is -2.57. The van der Waals surface area contributed by atoms with Gasteiger partial charge in [-0.1, -0.05) is 30.3 Å². The van der Waals surface area contributed by atoms with Crippen LogP contribution in [0.5, 0.6) is 0 Å². The van der Waals surface area contributed by atoms with Crippen LogP contribution in [0.4, 0.5) is 0 Å². The van der Waals surface area contributed by atoms with Crippen LogP contribution < -0.4 is 22.1 Å². The van der Waals surface area contributed by atoms with Gasteiger partial charge in [-0.2, -0.15) is 0 Å². The molecule has 1 aliphatic rings. The first-order valence-corrected chi connectivity index (χ1v) is 10.8. The lowest BCUT2D eigenvalue weighted by atomic mass is 10.0. The molecule has 4 atom stereocenters. The van der Waals surface area contributed by atoms with Crippen LogP contribution in [0.25, 0.3) is 0 Å². The molecule has 1 fully saturated rings. The Morgan fingerprint density at radius 3 is 2.39 bits per heavy atom. The van der Waals surface area contributed by atoms with Gasteiger partial charge in [0.25, 0.3) is 0 Å². The van der Waals surface area contributed by atoms with E-state index in [0.717, 1.165) is 5.56 Å². The van der Waals surface area contributed by atoms with Crippen molar-refractivity contribution in [1.29, 1.82) is 0 Å². The van der Waals surface area contributed by atoms with Gasteiger partial charge in [0.15, 0.2) is 0 Å². The molecule has 11 nitrogen and oxygen atoms in total. The van der Waals surface area contributed by atoms with Gasteiger partial charge in [0.05, 0.1) is 6.04 Å². The molecule has 4 unspecified atom stereocenters. The Hall–Kier alpha value is -3.47. The number of amides is 4. The summed E-state index contributed by atoms with van der Waals surface area (Å²) in [6, 6.07) is 4.98. The van der Waals surface area contributed by atoms with E-state index in [2.05, 4.69) is 10.6 Å². The molecule has 1 saturated heterocycles. The van der Waals surface area contributed by atoms with Crippen LogP contribution in [0.3, 0.4) is 0 Å². The molecule has 0 aromatic heterocycles. The fourth-order valence-electron chi connectivity index (χ4n) is 3.68. The minimum Gasteiger partial charge on any atom is -0.480 e. The summed E-state index contributed by atoms with van der Waals surface area (Å²) in [5.41, 5.74) is 11.7. The van der Waals surface area contributed by atoms with Crippen molar-refractivity contribution in [2.75, 3.05) is 6.54 Å². The standard InChI is InChI=1S/C22H31N5O6/c1-13(21(31)27-11-5-8-17(27)22(32)33)25-20(30)16(12-14-6-3-2-4-7-14)26-19(29)15(23)9-10-18(24)28/h2-4,6-7,13,15-17H,5,8-12,23H2,1H3,(H2,24,28)(H,25,30)(H,26,29)(H,32,33). The van der Waals surface area contributed by atoms with E-state index in [1.165, 1.54) is 11.8 Å². The molecule has 11 heteroatoms. The third-order valence-electron chi connectivity index (χ3n) is 5.50. The quantitative estimate of drug-likeness (QED) is 0.276. The predicted octanol–water partition coefficient (Wildman–Crippen LogP) is -1.11. The number of aliphatic carboxylic acids is 1. The summed E-state index contributed by atoms with van der Waals surface area (Å²) < 4.78 is 0. The third-order valence-corrected chi connectivity index (χ3v) is 5.50. The van der Waals surface area contributed by atoms with E-state index in [1.807, 2.05) is 6.07 Å². The first-order chi connectivity index (χ1) is 15.6. The van der Waals surface area contributed by atoms with Crippen molar-refractivity contribution in [2.45, 2.75) is 63.2 Å². The number of hydrogen-bond donors (Lipinski definition) is 5. The van der Waals surface area contributed by atoms with Gasteiger partial charge in [0, 0.05) is 19.4 Å². The van der Waals surface area contributed by atoms with Crippen molar-refractivity contribution in [1.82, 2.24) is 15.5 Å². The van der Waals surface area contributed by atoms with E-state index >= 15 is 0 Å². The summed E-state index contributed by atoms with van der Waals surface area (Å²) in [7, 11) is 0. The van der Waals surface area contributed by atoms with Gasteiger partial charge in [-0.3, -0.25) is 19.2 Å². The van der Waals surface area contributed by atoms with E-state index in [-0.39, 0.29) is 19.3 Å². The molecule has 7 N–H and O–H groups in total. The van der Waals surface area contributed by atoms with Crippen molar-refractivity contribution in [2.24, 2.45) is 11.5 Å². The summed E-state index contributed by atoms with van der Waals surface area (Å²) in [6.07, 6.45) is 1.03. The number of hydrogen-bond acceptors (Lipinski definition) is 6. The van der Waals surface area contributed by atoms with E-state index in [4.69, 9.17) is 11.5 Å². The molecule has 0 bridgehead atoms. The number of carboxylic acid groups (broad SMARTS) is 1. The van der Waals surface area contributed by atoms with Gasteiger partial charge >= 0.3 is 5.97 Å². The molecule has 1 aromatic rings. The highest BCUT2D eigenvalue weighted by Crippen LogP contribution is 2.18. The van der Waals surface area contributed by atoms with Gasteiger partial charge in [-0.15, -0.1) is 0 Å². The second kappa shape index (κ2) is 12.0. The Morgan fingerprint density at radius 1 is 1.12 bits per heavy atom. The SMILES string of the molecule is CC(NC(=O)C(Cc1ccccc1)NC(=O)C(N)CCC(N)=O)C(=O)N1CCCC1C(=O)O. The van der Waals surface area contributed by atoms with Crippen LogP contribution in [0.2, 0.25) is 0 Å². The summed E-state index contributed by atoms with van der Waals surface area (Å²) in [6.45, 7) is 1.77. The fraction of sp³-hybridized carbons (Fsp3) is 0.500. The van der Waals surface area contributed by atoms with Gasteiger partial charge in [-0.25, -0.2) is 4.79 Å². The van der Waals surface area contributed by atoms with Crippen molar-refractivity contribution < 1.29 is 29.1 Å². The maximum atomic E-state index is 13.0. The first kappa shape index (κ1) is 25.8. The summed E-state index contributed by atoms with van der Waals surface area (Å²) in [5.74, 6) is -3.42. The predicted molar refractivity (Wildman–Crippen MR) is 118 cm³/mol. The Kier molecular flexibility index (Phi) is 9.34. The largest absolute Gasteiger partial charge is 0.480 e. The summed E-state index contributed by atoms with van der Waals surface area (Å²) >= 11 is 0. The van der Waals surface area contributed by atoms with E-state index in [0.29, 0.717) is 19.4 Å². The monoisotopic (exact) mass is 461 g/mol. The lowest BCUT2D eigenvalue weighted by Gasteiger charge is -2.27. The minimum absolute atomic E-state index is 0.0290. The van der Waals surface area contributed by atoms with Crippen LogP contribution in [0, 0.1) is 0 Å². The molecule has 1 heterocycles. The number of primary amides is 1. The number of nitrogens with two attached hydrogens (primary N) is 2. The molecule has 1 aliphatic heterocycles. The molecule has 4 amide bonds. The number of nitrogens with one attached hydrogen (secondary N) is 2. The highest BCUT2D eigenvalue weighted by molar-refractivity contribution is 5.94. The van der Waals surface area contributed by atoms with Crippen LogP contribution in [-0.2, 0) is 30.4 Å². The molecular weight excluding hydrogens is 430 g/mol. The van der Waals surface area contributed by atoms with Crippen molar-refractivity contribution >= 4 is 29.6 Å². The minimum atomic E-state index is -1.08. The topological polar surface area (TPSA) is 185 Å². The summed E-state index contributed by atoms with van der Waals surface area (Å²) in [5, 5.41) is 14.5. The molecule has 0 aliphatic carbocycles. The molecule has 180 valence electrons. The highest BCUT2D eigenvalue weighted by atomic mass is 16.4. The number of carbonyl (C=O) groups excluding carboxylic acids is 4. The van der Waals surface area contributed by atoms with Crippen LogP contribution in [0.15, 0.2) is 30.3 Å². The molecular formula is C22H31N5O6. The molecule has 2 rings (SSSR count). The third kappa shape index (κ3) is 7.56. The van der Waals surface area contributed by atoms with E-state index in [1.54, 1.807) is 24.3 Å². The number of rotatable bonds is 11. The molecule has 33 heavy (non-hydrogen) atoms. The highest BCUT2D eigenvalue weighted by Gasteiger charge is 2.37. The maximum absolute atomic E-state index is 13.0. The van der Waals surface area contributed by atoms with Gasteiger partial charge in [0.2, 0.25) is 23.6 Å². The van der Waals surface area contributed by atoms with Gasteiger partial charge in [0.1, 0.15) is 18.1 Å². The molecule has 1 aromatic carbocycles. The number of carbonyl (C=O) groups is 5. The average Bonchev–Trinajstić information content (AvgIpc) is 3.27. The zero-order valence-electron chi connectivity index (χ0n) is 18.5. The van der Waals surface area contributed by atoms with Crippen molar-refractivity contribution in [3.8, 4) is 0 Å². The van der Waals surface area contributed by atoms with Crippen molar-refractivity contribution in [3.05, 3.63) is 35.9 Å². The lowest BCUT2D eigenvalue weighted by molar-refractivity contribution is -0.149. The second-order valence-corrected chi connectivity index (χ2v) is 8.12. The Morgan fingerprint density at radius 2 is 1.79 bits per heavy atom. The summed E-state index contributed by atoms with van der Waals surface area (Å²) in [4.78, 5) is 61.8. The molecule has 0 spiro atoms. The van der Waals surface area contributed by atoms with Gasteiger partial charge < -0.3 is 32.1 Å². The normalized spacial score (nSPS) is 18.1. The Labute approximate surface area is 191 Å². The zero-order chi connectivity index (χ0) is 24.5. The Balaban J connectivity index is 2.08. The number of carboxylic acids is 1. The second-order valence-electron chi connectivity index (χ2n) is 8.12. The van der Waals surface area contributed by atoms with Crippen LogP contribution >= 0.6 is 0 Å². The van der Waals surface area contributed by atoms with Crippen LogP contribution in [0.1, 0.15) is 38.2 Å². The fourth-order valence-corrected chi connectivity index (χ4v) is 3.68. The smallest absolute Gasteiger partial charge is 0.326 e. The van der Waals surface area contributed by atoms with E-state index < -0.39 is 53.8 Å². The number of likely N-dealkylation sites (tertiary alicyclic amines) is 1. The Bertz CT molecular complexity index is 877. The van der Waals surface area contributed by atoms with Gasteiger partial charge in [-0.05, 0) is 31.7 Å². The zero-order valence-corrected chi connectivity index (χ0v) is 18.5. The maximum Gasteiger partial charge on any atom is 0.326 e. The molecule has 0 radical (unpaired) electrons. The first-order valence-electron chi connectivity index (χ1n) is 10.8. The van der Waals surface area contributed by atoms with Crippen molar-refractivity contribution in [3.63, 3.8) is 0 Å². The number of nitrogens with zero attached hydrogens (tertiary/aromatic N) is 1. The van der Waals surface area contributed by atoms with Crippen LogP contribution in [-0.4, -0.2) is 70.3 Å². The average molecular weight is 462 g/mol. The molecule has 0 saturated carbocycles. The number of benzene rings is 1.